The Morgan fingerprint density at radius 1 is 1.33 bits per heavy atom. The van der Waals surface area contributed by atoms with Crippen molar-refractivity contribution in [1.82, 2.24) is 4.57 Å². The molecule has 15 heavy (non-hydrogen) atoms. The van der Waals surface area contributed by atoms with Crippen LogP contribution in [0, 0.1) is 0 Å². The van der Waals surface area contributed by atoms with Crippen molar-refractivity contribution in [2.24, 2.45) is 0 Å². The molecule has 0 saturated carbocycles. The molecule has 0 aliphatic carbocycles. The lowest BCUT2D eigenvalue weighted by Gasteiger charge is -2.24. The molecule has 0 atom stereocenters. The second-order valence-corrected chi connectivity index (χ2v) is 4.70. The van der Waals surface area contributed by atoms with Crippen LogP contribution in [0.3, 0.4) is 0 Å². The molecule has 0 unspecified atom stereocenters. The van der Waals surface area contributed by atoms with Gasteiger partial charge in [0.05, 0.1) is 5.69 Å². The normalized spacial score (nSPS) is 11.7. The summed E-state index contributed by atoms with van der Waals surface area (Å²) in [6, 6.07) is 1.79. The summed E-state index contributed by atoms with van der Waals surface area (Å²) in [5.41, 5.74) is 12.4. The summed E-state index contributed by atoms with van der Waals surface area (Å²) in [5.74, 6) is 0. The van der Waals surface area contributed by atoms with E-state index in [1.807, 2.05) is 27.7 Å². The highest BCUT2D eigenvalue weighted by Crippen LogP contribution is 2.24. The lowest BCUT2D eigenvalue weighted by atomic mass is 9.90. The third kappa shape index (κ3) is 1.98. The zero-order chi connectivity index (χ0) is 11.8. The van der Waals surface area contributed by atoms with Crippen LogP contribution in [-0.4, -0.2) is 4.57 Å². The molecule has 0 aromatic carbocycles. The van der Waals surface area contributed by atoms with Crippen LogP contribution in [0.5, 0.6) is 0 Å². The van der Waals surface area contributed by atoms with E-state index in [-0.39, 0.29) is 16.7 Å². The van der Waals surface area contributed by atoms with E-state index in [0.29, 0.717) is 12.2 Å². The molecular formula is C11H19N3O. The van der Waals surface area contributed by atoms with Crippen molar-refractivity contribution < 1.29 is 0 Å². The van der Waals surface area contributed by atoms with Crippen LogP contribution in [0.1, 0.15) is 33.4 Å². The number of hydrogen-bond acceptors (Lipinski definition) is 3. The van der Waals surface area contributed by atoms with Crippen LogP contribution in [0.4, 0.5) is 11.4 Å². The van der Waals surface area contributed by atoms with Crippen molar-refractivity contribution in [3.8, 4) is 0 Å². The number of rotatable bonds is 1. The van der Waals surface area contributed by atoms with Crippen LogP contribution in [-0.2, 0) is 12.0 Å². The van der Waals surface area contributed by atoms with Crippen LogP contribution in [0.2, 0.25) is 0 Å². The van der Waals surface area contributed by atoms with Crippen LogP contribution >= 0.6 is 0 Å². The molecule has 1 aromatic heterocycles. The Morgan fingerprint density at radius 2 is 1.87 bits per heavy atom. The fraction of sp³-hybridized carbons (Fsp3) is 0.545. The van der Waals surface area contributed by atoms with E-state index >= 15 is 0 Å². The van der Waals surface area contributed by atoms with Crippen molar-refractivity contribution in [1.29, 1.82) is 0 Å². The summed E-state index contributed by atoms with van der Waals surface area (Å²) in [4.78, 5) is 11.8. The minimum Gasteiger partial charge on any atom is -0.397 e. The molecule has 1 heterocycles. The van der Waals surface area contributed by atoms with E-state index in [1.54, 1.807) is 10.6 Å². The zero-order valence-corrected chi connectivity index (χ0v) is 9.79. The monoisotopic (exact) mass is 209 g/mol. The number of nitrogens with zero attached hydrogens (tertiary/aromatic N) is 1. The summed E-state index contributed by atoms with van der Waals surface area (Å²) in [5, 5.41) is 0. The quantitative estimate of drug-likeness (QED) is 0.732. The highest BCUT2D eigenvalue weighted by molar-refractivity contribution is 5.62. The molecule has 84 valence electrons. The molecule has 0 aliphatic rings. The molecule has 0 saturated heterocycles. The van der Waals surface area contributed by atoms with Gasteiger partial charge in [-0.05, 0) is 13.0 Å². The first-order valence-electron chi connectivity index (χ1n) is 5.08. The molecule has 4 heteroatoms. The van der Waals surface area contributed by atoms with Gasteiger partial charge in [-0.2, -0.15) is 0 Å². The van der Waals surface area contributed by atoms with Crippen molar-refractivity contribution in [2.75, 3.05) is 11.5 Å². The van der Waals surface area contributed by atoms with E-state index in [2.05, 4.69) is 0 Å². The van der Waals surface area contributed by atoms with E-state index < -0.39 is 0 Å². The molecule has 0 aliphatic heterocycles. The van der Waals surface area contributed by atoms with Gasteiger partial charge in [0.25, 0.3) is 5.56 Å². The fourth-order valence-electron chi connectivity index (χ4n) is 1.62. The third-order valence-corrected chi connectivity index (χ3v) is 2.45. The third-order valence-electron chi connectivity index (χ3n) is 2.45. The number of hydrogen-bond donors (Lipinski definition) is 2. The van der Waals surface area contributed by atoms with Crippen molar-refractivity contribution in [2.45, 2.75) is 39.7 Å². The standard InChI is InChI=1S/C11H19N3O/c1-5-14-8(11(2,3)4)6-7(12)9(13)10(14)15/h6H,5,12-13H2,1-4H3. The molecular weight excluding hydrogens is 190 g/mol. The first-order valence-corrected chi connectivity index (χ1v) is 5.08. The van der Waals surface area contributed by atoms with Gasteiger partial charge in [-0.25, -0.2) is 0 Å². The van der Waals surface area contributed by atoms with Gasteiger partial charge in [0.1, 0.15) is 5.69 Å². The minimum atomic E-state index is -0.192. The van der Waals surface area contributed by atoms with E-state index in [1.165, 1.54) is 0 Å². The number of anilines is 2. The zero-order valence-electron chi connectivity index (χ0n) is 9.79. The van der Waals surface area contributed by atoms with Crippen molar-refractivity contribution in [3.63, 3.8) is 0 Å². The van der Waals surface area contributed by atoms with E-state index in [9.17, 15) is 4.79 Å². The summed E-state index contributed by atoms with van der Waals surface area (Å²) >= 11 is 0. The molecule has 1 aromatic rings. The maximum atomic E-state index is 11.8. The van der Waals surface area contributed by atoms with Gasteiger partial charge in [-0.3, -0.25) is 4.79 Å². The van der Waals surface area contributed by atoms with Crippen LogP contribution in [0.15, 0.2) is 10.9 Å². The predicted molar refractivity (Wildman–Crippen MR) is 63.9 cm³/mol. The van der Waals surface area contributed by atoms with Gasteiger partial charge in [0.15, 0.2) is 0 Å². The molecule has 1 rings (SSSR count). The highest BCUT2D eigenvalue weighted by atomic mass is 16.1. The van der Waals surface area contributed by atoms with Crippen molar-refractivity contribution in [3.05, 3.63) is 22.1 Å². The van der Waals surface area contributed by atoms with E-state index in [0.717, 1.165) is 5.69 Å². The molecule has 0 fully saturated rings. The predicted octanol–water partition coefficient (Wildman–Crippen LogP) is 1.33. The summed E-state index contributed by atoms with van der Waals surface area (Å²) in [7, 11) is 0. The van der Waals surface area contributed by atoms with Gasteiger partial charge < -0.3 is 16.0 Å². The maximum Gasteiger partial charge on any atom is 0.276 e. The number of nitrogen functional groups attached to an aromatic ring is 2. The minimum absolute atomic E-state index is 0.114. The molecule has 0 bridgehead atoms. The summed E-state index contributed by atoms with van der Waals surface area (Å²) in [6.45, 7) is 8.67. The average Bonchev–Trinajstić information content (AvgIpc) is 2.12. The Balaban J connectivity index is 3.61. The number of aromatic nitrogens is 1. The van der Waals surface area contributed by atoms with Gasteiger partial charge in [-0.15, -0.1) is 0 Å². The Labute approximate surface area is 89.9 Å². The molecule has 4 N–H and O–H groups in total. The number of nitrogens with two attached hydrogens (primary N) is 2. The maximum absolute atomic E-state index is 11.8. The van der Waals surface area contributed by atoms with Gasteiger partial charge in [-0.1, -0.05) is 20.8 Å². The lowest BCUT2D eigenvalue weighted by molar-refractivity contribution is 0.512. The topological polar surface area (TPSA) is 74.0 Å². The Morgan fingerprint density at radius 3 is 2.27 bits per heavy atom. The Bertz CT molecular complexity index is 427. The van der Waals surface area contributed by atoms with Gasteiger partial charge in [0.2, 0.25) is 0 Å². The first kappa shape index (κ1) is 11.6. The second-order valence-electron chi connectivity index (χ2n) is 4.70. The average molecular weight is 209 g/mol. The SMILES string of the molecule is CCn1c(C(C)(C)C)cc(N)c(N)c1=O. The fourth-order valence-corrected chi connectivity index (χ4v) is 1.62. The Kier molecular flexibility index (Phi) is 2.79. The van der Waals surface area contributed by atoms with Gasteiger partial charge in [0, 0.05) is 17.7 Å². The van der Waals surface area contributed by atoms with Crippen LogP contribution < -0.4 is 17.0 Å². The molecule has 4 nitrogen and oxygen atoms in total. The largest absolute Gasteiger partial charge is 0.397 e. The van der Waals surface area contributed by atoms with Crippen molar-refractivity contribution >= 4 is 11.4 Å². The van der Waals surface area contributed by atoms with E-state index in [4.69, 9.17) is 11.5 Å². The van der Waals surface area contributed by atoms with Gasteiger partial charge >= 0.3 is 0 Å². The van der Waals surface area contributed by atoms with Crippen LogP contribution in [0.25, 0.3) is 0 Å². The summed E-state index contributed by atoms with van der Waals surface area (Å²) in [6.07, 6.45) is 0. The smallest absolute Gasteiger partial charge is 0.276 e. The number of pyridine rings is 1. The first-order chi connectivity index (χ1) is 6.79. The summed E-state index contributed by atoms with van der Waals surface area (Å²) < 4.78 is 1.67. The highest BCUT2D eigenvalue weighted by Gasteiger charge is 2.20. The molecule has 0 amide bonds. The Hall–Kier alpha value is -1.45. The molecule has 0 spiro atoms. The molecule has 0 radical (unpaired) electrons. The lowest BCUT2D eigenvalue weighted by Crippen LogP contribution is -2.31. The second kappa shape index (κ2) is 3.61.